The topological polar surface area (TPSA) is 71.1 Å². The highest BCUT2D eigenvalue weighted by Crippen LogP contribution is 2.25. The van der Waals surface area contributed by atoms with Gasteiger partial charge >= 0.3 is 12.2 Å². The van der Waals surface area contributed by atoms with E-state index in [0.29, 0.717) is 25.7 Å². The lowest BCUT2D eigenvalue weighted by Crippen LogP contribution is -2.54. The Kier molecular flexibility index (Phi) is 7.58. The van der Waals surface area contributed by atoms with Crippen LogP contribution >= 0.6 is 0 Å². The Morgan fingerprint density at radius 3 is 2.43 bits per heavy atom. The second kappa shape index (κ2) is 10.2. The van der Waals surface area contributed by atoms with Crippen molar-refractivity contribution in [3.05, 3.63) is 35.9 Å². The molecule has 1 unspecified atom stereocenters. The number of benzene rings is 1. The van der Waals surface area contributed by atoms with Gasteiger partial charge in [-0.1, -0.05) is 30.3 Å². The average Bonchev–Trinajstić information content (AvgIpc) is 2.71. The van der Waals surface area contributed by atoms with Crippen molar-refractivity contribution in [2.45, 2.75) is 70.7 Å². The van der Waals surface area contributed by atoms with Crippen LogP contribution in [0.3, 0.4) is 0 Å². The number of nitrogens with one attached hydrogen (secondary N) is 1. The molecule has 7 nitrogen and oxygen atoms in total. The minimum atomic E-state index is -0.483. The van der Waals surface area contributed by atoms with Crippen molar-refractivity contribution < 1.29 is 19.1 Å². The molecule has 0 aromatic heterocycles. The number of carbonyl (C=O) groups is 2. The zero-order chi connectivity index (χ0) is 21.6. The molecule has 2 amide bonds. The molecule has 1 aliphatic heterocycles. The van der Waals surface area contributed by atoms with Crippen molar-refractivity contribution in [1.29, 1.82) is 0 Å². The molecule has 1 aromatic carbocycles. The summed E-state index contributed by atoms with van der Waals surface area (Å²) in [6, 6.07) is 10.3. The highest BCUT2D eigenvalue weighted by Gasteiger charge is 2.31. The van der Waals surface area contributed by atoms with Crippen LogP contribution in [-0.2, 0) is 16.1 Å². The number of nitrogens with zero attached hydrogens (tertiary/aromatic N) is 2. The second-order valence-corrected chi connectivity index (χ2v) is 9.23. The summed E-state index contributed by atoms with van der Waals surface area (Å²) in [5.41, 5.74) is 0.513. The molecule has 1 saturated heterocycles. The molecule has 30 heavy (non-hydrogen) atoms. The number of hydrogen-bond acceptors (Lipinski definition) is 5. The molecule has 0 radical (unpaired) electrons. The highest BCUT2D eigenvalue weighted by molar-refractivity contribution is 5.68. The van der Waals surface area contributed by atoms with Gasteiger partial charge in [-0.15, -0.1) is 0 Å². The maximum atomic E-state index is 12.4. The standard InChI is InChI=1S/C23H35N3O4/c1-23(2,3)30-21(27)24-19-10-7-11-20(16-19)25-12-14-26(15-13-25)22(28)29-17-18-8-5-4-6-9-18/h4-6,8-9,19-20H,7,10-17H2,1-3H3,(H,24,27)/t19-,20?/m1/s1. The van der Waals surface area contributed by atoms with E-state index in [1.165, 1.54) is 0 Å². The smallest absolute Gasteiger partial charge is 0.410 e. The summed E-state index contributed by atoms with van der Waals surface area (Å²) in [4.78, 5) is 28.7. The maximum Gasteiger partial charge on any atom is 0.410 e. The third-order valence-corrected chi connectivity index (χ3v) is 5.66. The third kappa shape index (κ3) is 6.90. The molecule has 0 bridgehead atoms. The minimum absolute atomic E-state index is 0.146. The van der Waals surface area contributed by atoms with E-state index in [9.17, 15) is 9.59 Å². The van der Waals surface area contributed by atoms with Gasteiger partial charge in [-0.3, -0.25) is 4.90 Å². The van der Waals surface area contributed by atoms with E-state index >= 15 is 0 Å². The van der Waals surface area contributed by atoms with E-state index in [0.717, 1.165) is 44.3 Å². The Morgan fingerprint density at radius 2 is 1.77 bits per heavy atom. The molecule has 1 N–H and O–H groups in total. The maximum absolute atomic E-state index is 12.4. The van der Waals surface area contributed by atoms with Gasteiger partial charge in [0.05, 0.1) is 0 Å². The zero-order valence-electron chi connectivity index (χ0n) is 18.4. The van der Waals surface area contributed by atoms with E-state index in [-0.39, 0.29) is 18.2 Å². The third-order valence-electron chi connectivity index (χ3n) is 5.66. The minimum Gasteiger partial charge on any atom is -0.445 e. The van der Waals surface area contributed by atoms with Gasteiger partial charge in [-0.25, -0.2) is 9.59 Å². The van der Waals surface area contributed by atoms with Crippen molar-refractivity contribution in [2.75, 3.05) is 26.2 Å². The molecule has 3 rings (SSSR count). The largest absolute Gasteiger partial charge is 0.445 e. The first-order valence-corrected chi connectivity index (χ1v) is 11.0. The summed E-state index contributed by atoms with van der Waals surface area (Å²) in [6.45, 7) is 8.96. The van der Waals surface area contributed by atoms with Crippen LogP contribution in [0.25, 0.3) is 0 Å². The predicted molar refractivity (Wildman–Crippen MR) is 115 cm³/mol. The van der Waals surface area contributed by atoms with Crippen LogP contribution in [0.4, 0.5) is 9.59 Å². The highest BCUT2D eigenvalue weighted by atomic mass is 16.6. The lowest BCUT2D eigenvalue weighted by molar-refractivity contribution is 0.0390. The monoisotopic (exact) mass is 417 g/mol. The van der Waals surface area contributed by atoms with Gasteiger partial charge in [0, 0.05) is 38.3 Å². The summed E-state index contributed by atoms with van der Waals surface area (Å²) in [5, 5.41) is 3.03. The molecule has 1 aromatic rings. The Morgan fingerprint density at radius 1 is 1.07 bits per heavy atom. The summed E-state index contributed by atoms with van der Waals surface area (Å²) >= 11 is 0. The summed E-state index contributed by atoms with van der Waals surface area (Å²) < 4.78 is 10.9. The number of alkyl carbamates (subject to hydrolysis) is 1. The van der Waals surface area contributed by atoms with Crippen LogP contribution in [0.1, 0.15) is 52.0 Å². The van der Waals surface area contributed by atoms with Crippen LogP contribution in [0.15, 0.2) is 30.3 Å². The van der Waals surface area contributed by atoms with E-state index in [4.69, 9.17) is 9.47 Å². The lowest BCUT2D eigenvalue weighted by atomic mass is 9.89. The van der Waals surface area contributed by atoms with Crippen LogP contribution in [-0.4, -0.2) is 65.9 Å². The summed E-state index contributed by atoms with van der Waals surface area (Å²) in [5.74, 6) is 0. The van der Waals surface area contributed by atoms with Gasteiger partial charge in [0.2, 0.25) is 0 Å². The predicted octanol–water partition coefficient (Wildman–Crippen LogP) is 3.78. The van der Waals surface area contributed by atoms with Crippen molar-refractivity contribution in [1.82, 2.24) is 15.1 Å². The number of amides is 2. The van der Waals surface area contributed by atoms with Gasteiger partial charge in [0.15, 0.2) is 0 Å². The normalized spacial score (nSPS) is 23.0. The van der Waals surface area contributed by atoms with Crippen molar-refractivity contribution in [3.8, 4) is 0 Å². The molecule has 2 aliphatic rings. The fraction of sp³-hybridized carbons (Fsp3) is 0.652. The fourth-order valence-corrected chi connectivity index (χ4v) is 4.18. The first-order chi connectivity index (χ1) is 14.3. The van der Waals surface area contributed by atoms with Crippen molar-refractivity contribution in [2.24, 2.45) is 0 Å². The Hall–Kier alpha value is -2.28. The lowest BCUT2D eigenvalue weighted by Gasteiger charge is -2.42. The molecule has 2 atom stereocenters. The molecular weight excluding hydrogens is 382 g/mol. The molecular formula is C23H35N3O4. The van der Waals surface area contributed by atoms with Gasteiger partial charge < -0.3 is 19.7 Å². The van der Waals surface area contributed by atoms with E-state index in [2.05, 4.69) is 10.2 Å². The van der Waals surface area contributed by atoms with Crippen molar-refractivity contribution in [3.63, 3.8) is 0 Å². The number of ether oxygens (including phenoxy) is 2. The summed E-state index contributed by atoms with van der Waals surface area (Å²) in [6.07, 6.45) is 3.56. The van der Waals surface area contributed by atoms with Crippen LogP contribution in [0, 0.1) is 0 Å². The van der Waals surface area contributed by atoms with Crippen LogP contribution < -0.4 is 5.32 Å². The number of hydrogen-bond donors (Lipinski definition) is 1. The zero-order valence-corrected chi connectivity index (χ0v) is 18.4. The number of rotatable bonds is 4. The van der Waals surface area contributed by atoms with Gasteiger partial charge in [-0.2, -0.15) is 0 Å². The van der Waals surface area contributed by atoms with Crippen LogP contribution in [0.2, 0.25) is 0 Å². The first-order valence-electron chi connectivity index (χ1n) is 11.0. The van der Waals surface area contributed by atoms with E-state index < -0.39 is 5.60 Å². The molecule has 7 heteroatoms. The van der Waals surface area contributed by atoms with Gasteiger partial charge in [0.25, 0.3) is 0 Å². The van der Waals surface area contributed by atoms with Gasteiger partial charge in [0.1, 0.15) is 12.2 Å². The SMILES string of the molecule is CC(C)(C)OC(=O)N[C@@H]1CCCC(N2CCN(C(=O)OCc3ccccc3)CC2)C1. The summed E-state index contributed by atoms with van der Waals surface area (Å²) in [7, 11) is 0. The average molecular weight is 418 g/mol. The molecule has 0 spiro atoms. The first kappa shape index (κ1) is 22.4. The van der Waals surface area contributed by atoms with Crippen molar-refractivity contribution >= 4 is 12.2 Å². The molecule has 1 saturated carbocycles. The second-order valence-electron chi connectivity index (χ2n) is 9.23. The van der Waals surface area contributed by atoms with Crippen LogP contribution in [0.5, 0.6) is 0 Å². The Bertz CT molecular complexity index is 696. The molecule has 1 aliphatic carbocycles. The Balaban J connectivity index is 1.40. The number of piperazine rings is 1. The molecule has 1 heterocycles. The Labute approximate surface area is 179 Å². The fourth-order valence-electron chi connectivity index (χ4n) is 4.18. The van der Waals surface area contributed by atoms with E-state index in [1.807, 2.05) is 51.1 Å². The molecule has 2 fully saturated rings. The number of carbonyl (C=O) groups excluding carboxylic acids is 2. The quantitative estimate of drug-likeness (QED) is 0.807. The van der Waals surface area contributed by atoms with E-state index in [1.54, 1.807) is 4.90 Å². The molecule has 166 valence electrons. The van der Waals surface area contributed by atoms with Gasteiger partial charge in [-0.05, 0) is 52.0 Å².